The number of H-pyrrole nitrogens is 1. The van der Waals surface area contributed by atoms with Crippen molar-refractivity contribution in [3.05, 3.63) is 70.9 Å². The van der Waals surface area contributed by atoms with E-state index in [1.165, 1.54) is 33.3 Å². The zero-order chi connectivity index (χ0) is 19.0. The molecule has 4 rings (SSSR count). The molecule has 0 aliphatic heterocycles. The van der Waals surface area contributed by atoms with Gasteiger partial charge in [0.1, 0.15) is 0 Å². The third kappa shape index (κ3) is 3.54. The van der Waals surface area contributed by atoms with Crippen molar-refractivity contribution in [1.82, 2.24) is 10.3 Å². The number of fused-ring (bicyclic) bond motifs is 3. The van der Waals surface area contributed by atoms with Crippen LogP contribution in [0.5, 0.6) is 0 Å². The highest BCUT2D eigenvalue weighted by molar-refractivity contribution is 5.85. The molecular formula is C24H31N3. The monoisotopic (exact) mass is 361 g/mol. The lowest BCUT2D eigenvalue weighted by Gasteiger charge is -2.37. The second-order valence-corrected chi connectivity index (χ2v) is 8.37. The zero-order valence-corrected chi connectivity index (χ0v) is 16.6. The maximum Gasteiger partial charge on any atom is 0.0459 e. The van der Waals surface area contributed by atoms with Crippen LogP contribution in [0, 0.1) is 6.92 Å². The Labute approximate surface area is 162 Å². The molecule has 0 spiro atoms. The summed E-state index contributed by atoms with van der Waals surface area (Å²) in [5, 5.41) is 4.93. The highest BCUT2D eigenvalue weighted by Gasteiger charge is 2.37. The molecule has 3 heteroatoms. The normalized spacial score (nSPS) is 22.3. The predicted molar refractivity (Wildman–Crippen MR) is 114 cm³/mol. The Morgan fingerprint density at radius 2 is 1.85 bits per heavy atom. The van der Waals surface area contributed by atoms with Gasteiger partial charge >= 0.3 is 0 Å². The van der Waals surface area contributed by atoms with Gasteiger partial charge in [0.2, 0.25) is 0 Å². The van der Waals surface area contributed by atoms with Crippen molar-refractivity contribution in [2.24, 2.45) is 5.73 Å². The Balaban J connectivity index is 1.73. The molecule has 3 aromatic rings. The summed E-state index contributed by atoms with van der Waals surface area (Å²) in [5.41, 5.74) is 13.7. The van der Waals surface area contributed by atoms with E-state index in [0.717, 1.165) is 19.4 Å². The number of aromatic nitrogens is 1. The van der Waals surface area contributed by atoms with E-state index >= 15 is 0 Å². The highest BCUT2D eigenvalue weighted by atomic mass is 14.9. The van der Waals surface area contributed by atoms with Gasteiger partial charge in [-0.05, 0) is 43.5 Å². The van der Waals surface area contributed by atoms with Gasteiger partial charge in [-0.2, -0.15) is 0 Å². The van der Waals surface area contributed by atoms with Crippen molar-refractivity contribution in [1.29, 1.82) is 0 Å². The van der Waals surface area contributed by atoms with E-state index in [9.17, 15) is 0 Å². The van der Waals surface area contributed by atoms with Gasteiger partial charge in [0, 0.05) is 40.5 Å². The summed E-state index contributed by atoms with van der Waals surface area (Å²) in [6.45, 7) is 7.54. The van der Waals surface area contributed by atoms with Gasteiger partial charge in [0.15, 0.2) is 0 Å². The zero-order valence-electron chi connectivity index (χ0n) is 16.6. The lowest BCUT2D eigenvalue weighted by molar-refractivity contribution is 0.388. The summed E-state index contributed by atoms with van der Waals surface area (Å²) < 4.78 is 0. The van der Waals surface area contributed by atoms with Crippen molar-refractivity contribution >= 4 is 10.9 Å². The van der Waals surface area contributed by atoms with Crippen LogP contribution in [-0.4, -0.2) is 23.6 Å². The van der Waals surface area contributed by atoms with Gasteiger partial charge in [-0.25, -0.2) is 0 Å². The SMILES string of the molecule is Cc1ccc([C@H]2Cc3[nH]c4ccccc4c3[C@@H](CCNC(C)C)[C@@H]2N)cc1. The molecule has 0 saturated carbocycles. The average Bonchev–Trinajstić information content (AvgIpc) is 3.02. The van der Waals surface area contributed by atoms with E-state index in [1.807, 2.05) is 0 Å². The molecule has 27 heavy (non-hydrogen) atoms. The highest BCUT2D eigenvalue weighted by Crippen LogP contribution is 2.43. The first-order chi connectivity index (χ1) is 13.0. The van der Waals surface area contributed by atoms with Crippen molar-refractivity contribution in [3.8, 4) is 0 Å². The summed E-state index contributed by atoms with van der Waals surface area (Å²) >= 11 is 0. The van der Waals surface area contributed by atoms with Crippen LogP contribution in [0.25, 0.3) is 10.9 Å². The predicted octanol–water partition coefficient (Wildman–Crippen LogP) is 4.62. The minimum absolute atomic E-state index is 0.133. The van der Waals surface area contributed by atoms with E-state index < -0.39 is 0 Å². The summed E-state index contributed by atoms with van der Waals surface area (Å²) in [6.07, 6.45) is 2.05. The molecule has 1 heterocycles. The van der Waals surface area contributed by atoms with Crippen LogP contribution in [0.15, 0.2) is 48.5 Å². The number of hydrogen-bond donors (Lipinski definition) is 3. The lowest BCUT2D eigenvalue weighted by atomic mass is 9.71. The number of nitrogens with two attached hydrogens (primary N) is 1. The third-order valence-corrected chi connectivity index (χ3v) is 6.07. The fourth-order valence-electron chi connectivity index (χ4n) is 4.65. The average molecular weight is 362 g/mol. The van der Waals surface area contributed by atoms with E-state index in [-0.39, 0.29) is 6.04 Å². The molecule has 1 aliphatic carbocycles. The van der Waals surface area contributed by atoms with Crippen LogP contribution in [-0.2, 0) is 6.42 Å². The van der Waals surface area contributed by atoms with Crippen LogP contribution in [0.4, 0.5) is 0 Å². The molecule has 0 amide bonds. The van der Waals surface area contributed by atoms with E-state index in [4.69, 9.17) is 5.73 Å². The van der Waals surface area contributed by atoms with Gasteiger partial charge in [-0.1, -0.05) is 61.9 Å². The summed E-state index contributed by atoms with van der Waals surface area (Å²) in [5.74, 6) is 0.720. The van der Waals surface area contributed by atoms with Crippen molar-refractivity contribution in [2.45, 2.75) is 57.5 Å². The quantitative estimate of drug-likeness (QED) is 0.621. The summed E-state index contributed by atoms with van der Waals surface area (Å²) in [4.78, 5) is 3.70. The molecule has 1 aliphatic rings. The Morgan fingerprint density at radius 1 is 1.11 bits per heavy atom. The summed E-state index contributed by atoms with van der Waals surface area (Å²) in [6, 6.07) is 18.2. The number of aromatic amines is 1. The van der Waals surface area contributed by atoms with Gasteiger partial charge < -0.3 is 16.0 Å². The van der Waals surface area contributed by atoms with Gasteiger partial charge in [-0.15, -0.1) is 0 Å². The minimum Gasteiger partial charge on any atom is -0.358 e. The molecule has 0 unspecified atom stereocenters. The van der Waals surface area contributed by atoms with Gasteiger partial charge in [0.05, 0.1) is 0 Å². The fourth-order valence-corrected chi connectivity index (χ4v) is 4.65. The first-order valence-electron chi connectivity index (χ1n) is 10.2. The lowest BCUT2D eigenvalue weighted by Crippen LogP contribution is -2.41. The Bertz CT molecular complexity index is 907. The molecule has 0 bridgehead atoms. The number of rotatable bonds is 5. The Morgan fingerprint density at radius 3 is 2.59 bits per heavy atom. The maximum absolute atomic E-state index is 6.93. The van der Waals surface area contributed by atoms with E-state index in [1.54, 1.807) is 0 Å². The minimum atomic E-state index is 0.133. The third-order valence-electron chi connectivity index (χ3n) is 6.07. The second-order valence-electron chi connectivity index (χ2n) is 8.37. The molecule has 142 valence electrons. The first kappa shape index (κ1) is 18.3. The Kier molecular flexibility index (Phi) is 5.07. The fraction of sp³-hybridized carbons (Fsp3) is 0.417. The molecule has 1 aromatic heterocycles. The standard InChI is InChI=1S/C24H31N3/c1-15(2)26-13-12-19-23-18-6-4-5-7-21(18)27-22(23)14-20(24(19)25)17-10-8-16(3)9-11-17/h4-11,15,19-20,24,26-27H,12-14,25H2,1-3H3/t19-,20-,24+/m1/s1. The molecular weight excluding hydrogens is 330 g/mol. The molecule has 3 atom stereocenters. The number of benzene rings is 2. The van der Waals surface area contributed by atoms with Crippen molar-refractivity contribution in [3.63, 3.8) is 0 Å². The van der Waals surface area contributed by atoms with Crippen LogP contribution >= 0.6 is 0 Å². The topological polar surface area (TPSA) is 53.8 Å². The van der Waals surface area contributed by atoms with Crippen LogP contribution in [0.1, 0.15) is 54.5 Å². The van der Waals surface area contributed by atoms with E-state index in [2.05, 4.69) is 79.6 Å². The van der Waals surface area contributed by atoms with Crippen LogP contribution < -0.4 is 11.1 Å². The number of aryl methyl sites for hydroxylation is 1. The van der Waals surface area contributed by atoms with Crippen LogP contribution in [0.2, 0.25) is 0 Å². The molecule has 0 saturated heterocycles. The first-order valence-corrected chi connectivity index (χ1v) is 10.2. The largest absolute Gasteiger partial charge is 0.358 e. The number of hydrogen-bond acceptors (Lipinski definition) is 2. The smallest absolute Gasteiger partial charge is 0.0459 e. The summed E-state index contributed by atoms with van der Waals surface area (Å²) in [7, 11) is 0. The van der Waals surface area contributed by atoms with E-state index in [0.29, 0.717) is 17.9 Å². The molecule has 0 radical (unpaired) electrons. The van der Waals surface area contributed by atoms with Crippen molar-refractivity contribution in [2.75, 3.05) is 6.54 Å². The molecule has 2 aromatic carbocycles. The van der Waals surface area contributed by atoms with Crippen LogP contribution in [0.3, 0.4) is 0 Å². The molecule has 3 nitrogen and oxygen atoms in total. The van der Waals surface area contributed by atoms with Crippen molar-refractivity contribution < 1.29 is 0 Å². The van der Waals surface area contributed by atoms with Gasteiger partial charge in [-0.3, -0.25) is 0 Å². The maximum atomic E-state index is 6.93. The molecule has 0 fully saturated rings. The second kappa shape index (κ2) is 7.49. The molecule has 4 N–H and O–H groups in total. The Hall–Kier alpha value is -2.10. The number of nitrogens with one attached hydrogen (secondary N) is 2. The van der Waals surface area contributed by atoms with Gasteiger partial charge in [0.25, 0.3) is 0 Å². The number of para-hydroxylation sites is 1.